The molecule has 0 fully saturated rings. The Hall–Kier alpha value is -2.94. The Kier molecular flexibility index (Phi) is 6.35. The molecule has 9 nitrogen and oxygen atoms in total. The first-order chi connectivity index (χ1) is 10.2. The van der Waals surface area contributed by atoms with E-state index < -0.39 is 4.92 Å². The van der Waals surface area contributed by atoms with Crippen molar-refractivity contribution in [3.8, 4) is 12.1 Å². The van der Waals surface area contributed by atoms with Crippen LogP contribution in [0.3, 0.4) is 0 Å². The van der Waals surface area contributed by atoms with Crippen LogP contribution in [0.1, 0.15) is 19.8 Å². The predicted octanol–water partition coefficient (Wildman–Crippen LogP) is 1.45. The molecule has 0 atom stereocenters. The van der Waals surface area contributed by atoms with Crippen LogP contribution in [-0.2, 0) is 0 Å². The predicted molar refractivity (Wildman–Crippen MR) is 75.5 cm³/mol. The molecule has 110 valence electrons. The highest BCUT2D eigenvalue weighted by molar-refractivity contribution is 5.70. The molecule has 0 aliphatic carbocycles. The quantitative estimate of drug-likeness (QED) is 0.329. The van der Waals surface area contributed by atoms with Crippen LogP contribution in [0.2, 0.25) is 0 Å². The molecular weight excluding hydrogens is 274 g/mol. The van der Waals surface area contributed by atoms with Crippen LogP contribution >= 0.6 is 0 Å². The minimum atomic E-state index is -0.606. The lowest BCUT2D eigenvalue weighted by Crippen LogP contribution is -2.26. The number of aromatic nitrogens is 2. The minimum Gasteiger partial charge on any atom is -0.364 e. The van der Waals surface area contributed by atoms with Gasteiger partial charge in [0.25, 0.3) is 0 Å². The topological polar surface area (TPSA) is 132 Å². The zero-order valence-corrected chi connectivity index (χ0v) is 11.6. The molecule has 0 saturated heterocycles. The summed E-state index contributed by atoms with van der Waals surface area (Å²) in [7, 11) is 0. The van der Waals surface area contributed by atoms with Crippen molar-refractivity contribution in [2.75, 3.05) is 29.9 Å². The third-order valence-electron chi connectivity index (χ3n) is 2.63. The second-order valence-corrected chi connectivity index (χ2v) is 4.10. The molecule has 0 aliphatic rings. The lowest BCUT2D eigenvalue weighted by atomic mass is 10.3. The number of rotatable bonds is 8. The highest BCUT2D eigenvalue weighted by Gasteiger charge is 2.26. The minimum absolute atomic E-state index is 0.0305. The summed E-state index contributed by atoms with van der Waals surface area (Å²) >= 11 is 0. The molecule has 0 saturated carbocycles. The molecule has 0 unspecified atom stereocenters. The van der Waals surface area contributed by atoms with Crippen molar-refractivity contribution in [3.63, 3.8) is 0 Å². The van der Waals surface area contributed by atoms with E-state index in [1.165, 1.54) is 11.2 Å². The van der Waals surface area contributed by atoms with Crippen molar-refractivity contribution >= 4 is 17.3 Å². The van der Waals surface area contributed by atoms with Crippen LogP contribution in [0.15, 0.2) is 6.33 Å². The molecule has 0 amide bonds. The highest BCUT2D eigenvalue weighted by Crippen LogP contribution is 2.31. The maximum atomic E-state index is 11.3. The molecule has 0 bridgehead atoms. The number of nitro groups is 1. The highest BCUT2D eigenvalue weighted by atomic mass is 16.6. The van der Waals surface area contributed by atoms with Gasteiger partial charge in [-0.1, -0.05) is 13.3 Å². The standard InChI is InChI=1S/C12H15N7O2/c1-2-3-6-15-11-10(19(20)21)12(17-9-16-11)18(7-4-13)8-5-14/h9H,2-3,6-8H2,1H3,(H,15,16,17). The van der Waals surface area contributed by atoms with E-state index in [1.807, 2.05) is 19.1 Å². The van der Waals surface area contributed by atoms with Gasteiger partial charge >= 0.3 is 5.69 Å². The van der Waals surface area contributed by atoms with E-state index >= 15 is 0 Å². The third kappa shape index (κ3) is 4.28. The summed E-state index contributed by atoms with van der Waals surface area (Å²) in [6.45, 7) is 2.22. The van der Waals surface area contributed by atoms with Crippen molar-refractivity contribution in [2.45, 2.75) is 19.8 Å². The summed E-state index contributed by atoms with van der Waals surface area (Å²) in [6.07, 6.45) is 2.96. The fourth-order valence-electron chi connectivity index (χ4n) is 1.66. The van der Waals surface area contributed by atoms with Gasteiger partial charge in [0.1, 0.15) is 19.4 Å². The van der Waals surface area contributed by atoms with Crippen LogP contribution in [0.25, 0.3) is 0 Å². The Morgan fingerprint density at radius 1 is 1.38 bits per heavy atom. The van der Waals surface area contributed by atoms with Gasteiger partial charge in [0.05, 0.1) is 17.1 Å². The average Bonchev–Trinajstić information content (AvgIpc) is 2.47. The van der Waals surface area contributed by atoms with Crippen LogP contribution in [0.4, 0.5) is 17.3 Å². The number of hydrogen-bond acceptors (Lipinski definition) is 8. The van der Waals surface area contributed by atoms with Crippen molar-refractivity contribution in [3.05, 3.63) is 16.4 Å². The number of nitrogens with zero attached hydrogens (tertiary/aromatic N) is 6. The molecule has 0 spiro atoms. The monoisotopic (exact) mass is 289 g/mol. The summed E-state index contributed by atoms with van der Waals surface area (Å²) in [5, 5.41) is 31.7. The molecule has 0 radical (unpaired) electrons. The molecule has 9 heteroatoms. The number of anilines is 2. The molecule has 1 aromatic rings. The molecule has 1 aromatic heterocycles. The van der Waals surface area contributed by atoms with Crippen molar-refractivity contribution < 1.29 is 4.92 Å². The van der Waals surface area contributed by atoms with Gasteiger partial charge in [0.2, 0.25) is 11.6 Å². The molecule has 1 rings (SSSR count). The Balaban J connectivity index is 3.19. The Morgan fingerprint density at radius 3 is 2.57 bits per heavy atom. The summed E-state index contributed by atoms with van der Waals surface area (Å²) in [6, 6.07) is 3.72. The molecule has 21 heavy (non-hydrogen) atoms. The fourth-order valence-corrected chi connectivity index (χ4v) is 1.66. The third-order valence-corrected chi connectivity index (χ3v) is 2.63. The molecule has 0 aliphatic heterocycles. The maximum absolute atomic E-state index is 11.3. The number of hydrogen-bond donors (Lipinski definition) is 1. The largest absolute Gasteiger partial charge is 0.364 e. The normalized spacial score (nSPS) is 9.48. The van der Waals surface area contributed by atoms with Gasteiger partial charge in [-0.25, -0.2) is 9.97 Å². The van der Waals surface area contributed by atoms with Gasteiger partial charge in [-0.15, -0.1) is 0 Å². The van der Waals surface area contributed by atoms with Crippen LogP contribution in [-0.4, -0.2) is 34.5 Å². The first kappa shape index (κ1) is 16.1. The first-order valence-electron chi connectivity index (χ1n) is 6.37. The van der Waals surface area contributed by atoms with E-state index in [0.29, 0.717) is 6.54 Å². The zero-order chi connectivity index (χ0) is 15.7. The van der Waals surface area contributed by atoms with Crippen LogP contribution in [0, 0.1) is 32.8 Å². The van der Waals surface area contributed by atoms with E-state index in [9.17, 15) is 10.1 Å². The van der Waals surface area contributed by atoms with Gasteiger partial charge < -0.3 is 10.2 Å². The summed E-state index contributed by atoms with van der Waals surface area (Å²) in [5.74, 6) is 0.0661. The summed E-state index contributed by atoms with van der Waals surface area (Å²) < 4.78 is 0. The van der Waals surface area contributed by atoms with E-state index in [1.54, 1.807) is 0 Å². The van der Waals surface area contributed by atoms with Crippen LogP contribution in [0.5, 0.6) is 0 Å². The van der Waals surface area contributed by atoms with Gasteiger partial charge in [0.15, 0.2) is 0 Å². The van der Waals surface area contributed by atoms with Gasteiger partial charge in [-0.3, -0.25) is 10.1 Å². The SMILES string of the molecule is CCCCNc1ncnc(N(CC#N)CC#N)c1[N+](=O)[O-]. The zero-order valence-electron chi connectivity index (χ0n) is 11.6. The Labute approximate surface area is 122 Å². The fraction of sp³-hybridized carbons (Fsp3) is 0.500. The van der Waals surface area contributed by atoms with Crippen molar-refractivity contribution in [1.82, 2.24) is 9.97 Å². The molecular formula is C12H15N7O2. The van der Waals surface area contributed by atoms with E-state index in [4.69, 9.17) is 10.5 Å². The van der Waals surface area contributed by atoms with Crippen LogP contribution < -0.4 is 10.2 Å². The maximum Gasteiger partial charge on any atom is 0.353 e. The van der Waals surface area contributed by atoms with Gasteiger partial charge in [-0.2, -0.15) is 10.5 Å². The lowest BCUT2D eigenvalue weighted by Gasteiger charge is -2.17. The van der Waals surface area contributed by atoms with E-state index in [2.05, 4.69) is 15.3 Å². The average molecular weight is 289 g/mol. The Bertz CT molecular complexity index is 560. The summed E-state index contributed by atoms with van der Waals surface area (Å²) in [4.78, 5) is 19.7. The van der Waals surface area contributed by atoms with Crippen molar-refractivity contribution in [1.29, 1.82) is 10.5 Å². The first-order valence-corrected chi connectivity index (χ1v) is 6.37. The Morgan fingerprint density at radius 2 is 2.05 bits per heavy atom. The second kappa shape index (κ2) is 8.27. The number of nitriles is 2. The van der Waals surface area contributed by atoms with Gasteiger partial charge in [0, 0.05) is 6.54 Å². The number of nitrogens with one attached hydrogen (secondary N) is 1. The number of unbranched alkanes of at least 4 members (excludes halogenated alkanes) is 1. The van der Waals surface area contributed by atoms with E-state index in [-0.39, 0.29) is 30.4 Å². The molecule has 1 heterocycles. The molecule has 1 N–H and O–H groups in total. The summed E-state index contributed by atoms with van der Waals surface area (Å²) in [5.41, 5.74) is -0.320. The van der Waals surface area contributed by atoms with Gasteiger partial charge in [-0.05, 0) is 6.42 Å². The van der Waals surface area contributed by atoms with Crippen molar-refractivity contribution in [2.24, 2.45) is 0 Å². The lowest BCUT2D eigenvalue weighted by molar-refractivity contribution is -0.383. The second-order valence-electron chi connectivity index (χ2n) is 4.10. The molecule has 0 aromatic carbocycles. The van der Waals surface area contributed by atoms with E-state index in [0.717, 1.165) is 12.8 Å². The smallest absolute Gasteiger partial charge is 0.353 e.